The second kappa shape index (κ2) is 3.30. The molecule has 66 valence electrons. The van der Waals surface area contributed by atoms with Crippen LogP contribution < -0.4 is 0 Å². The monoisotopic (exact) mass is 166 g/mol. The minimum absolute atomic E-state index is 0.0171. The normalized spacial score (nSPS) is 37.8. The van der Waals surface area contributed by atoms with Crippen LogP contribution >= 0.6 is 0 Å². The van der Waals surface area contributed by atoms with E-state index in [0.717, 1.165) is 12.8 Å². The lowest BCUT2D eigenvalue weighted by molar-refractivity contribution is -0.140. The van der Waals surface area contributed by atoms with E-state index in [-0.39, 0.29) is 12.1 Å². The van der Waals surface area contributed by atoms with Crippen LogP contribution in [-0.4, -0.2) is 12.1 Å². The van der Waals surface area contributed by atoms with Gasteiger partial charge in [0.15, 0.2) is 0 Å². The quantitative estimate of drug-likeness (QED) is 0.406. The Bertz CT molecular complexity index is 208. The molecule has 1 aliphatic heterocycles. The Morgan fingerprint density at radius 3 is 3.25 bits per heavy atom. The molecule has 0 aromatic rings. The third-order valence-corrected chi connectivity index (χ3v) is 2.68. The highest BCUT2D eigenvalue weighted by molar-refractivity contribution is 5.72. The van der Waals surface area contributed by atoms with Crippen molar-refractivity contribution in [1.29, 1.82) is 0 Å². The number of carbonyl (C=O) groups excluding carboxylic acids is 1. The molecular weight excluding hydrogens is 152 g/mol. The van der Waals surface area contributed by atoms with Crippen molar-refractivity contribution in [3.05, 3.63) is 12.2 Å². The summed E-state index contributed by atoms with van der Waals surface area (Å²) in [6.45, 7) is 0. The number of rotatable bonds is 0. The molecule has 1 saturated heterocycles. The number of hydrogen-bond donors (Lipinski definition) is 0. The first-order chi connectivity index (χ1) is 5.86. The van der Waals surface area contributed by atoms with E-state index >= 15 is 0 Å². The van der Waals surface area contributed by atoms with Gasteiger partial charge in [-0.3, -0.25) is 4.79 Å². The summed E-state index contributed by atoms with van der Waals surface area (Å²) in [4.78, 5) is 11.0. The second-order valence-electron chi connectivity index (χ2n) is 3.63. The van der Waals surface area contributed by atoms with Gasteiger partial charge in [0, 0.05) is 5.92 Å². The van der Waals surface area contributed by atoms with Gasteiger partial charge in [-0.05, 0) is 25.3 Å². The third kappa shape index (κ3) is 1.52. The molecule has 0 N–H and O–H groups in total. The number of ether oxygens (including phenoxy) is 1. The maximum Gasteiger partial charge on any atom is 0.306 e. The molecule has 2 rings (SSSR count). The first-order valence-corrected chi connectivity index (χ1v) is 4.72. The maximum atomic E-state index is 11.0. The van der Waals surface area contributed by atoms with Crippen molar-refractivity contribution in [2.45, 2.75) is 38.2 Å². The fourth-order valence-corrected chi connectivity index (χ4v) is 1.99. The van der Waals surface area contributed by atoms with E-state index in [2.05, 4.69) is 12.2 Å². The molecule has 0 radical (unpaired) electrons. The fourth-order valence-electron chi connectivity index (χ4n) is 1.99. The number of fused-ring (bicyclic) bond motifs is 1. The number of carbonyl (C=O) groups is 1. The molecular formula is C10H14O2. The van der Waals surface area contributed by atoms with Gasteiger partial charge in [-0.25, -0.2) is 0 Å². The highest BCUT2D eigenvalue weighted by Gasteiger charge is 2.32. The molecule has 0 bridgehead atoms. The molecule has 12 heavy (non-hydrogen) atoms. The molecule has 0 spiro atoms. The topological polar surface area (TPSA) is 26.3 Å². The largest absolute Gasteiger partial charge is 0.458 e. The van der Waals surface area contributed by atoms with E-state index < -0.39 is 0 Å². The minimum Gasteiger partial charge on any atom is -0.458 e. The third-order valence-electron chi connectivity index (χ3n) is 2.68. The Hall–Kier alpha value is -0.790. The molecule has 0 saturated carbocycles. The van der Waals surface area contributed by atoms with Gasteiger partial charge < -0.3 is 4.74 Å². The van der Waals surface area contributed by atoms with Gasteiger partial charge >= 0.3 is 5.97 Å². The van der Waals surface area contributed by atoms with Gasteiger partial charge in [-0.1, -0.05) is 12.5 Å². The van der Waals surface area contributed by atoms with E-state index in [1.807, 2.05) is 0 Å². The van der Waals surface area contributed by atoms with Crippen LogP contribution in [0.4, 0.5) is 0 Å². The molecule has 1 fully saturated rings. The van der Waals surface area contributed by atoms with Gasteiger partial charge in [0.2, 0.25) is 0 Å². The minimum atomic E-state index is -0.0171. The van der Waals surface area contributed by atoms with E-state index in [1.54, 1.807) is 0 Å². The highest BCUT2D eigenvalue weighted by atomic mass is 16.5. The summed E-state index contributed by atoms with van der Waals surface area (Å²) in [6, 6.07) is 0. The first kappa shape index (κ1) is 7.84. The molecule has 0 aromatic carbocycles. The van der Waals surface area contributed by atoms with Crippen molar-refractivity contribution in [2.75, 3.05) is 0 Å². The molecule has 0 aromatic heterocycles. The zero-order valence-electron chi connectivity index (χ0n) is 7.16. The summed E-state index contributed by atoms with van der Waals surface area (Å²) in [7, 11) is 0. The average molecular weight is 166 g/mol. The molecule has 2 aliphatic rings. The second-order valence-corrected chi connectivity index (χ2v) is 3.63. The van der Waals surface area contributed by atoms with Crippen LogP contribution in [0.2, 0.25) is 0 Å². The summed E-state index contributed by atoms with van der Waals surface area (Å²) in [6.07, 6.45) is 9.73. The smallest absolute Gasteiger partial charge is 0.306 e. The SMILES string of the molecule is O=C1C[C@@H]2CCCC/C=C\[C@H]2O1. The Labute approximate surface area is 72.6 Å². The fraction of sp³-hybridized carbons (Fsp3) is 0.700. The lowest BCUT2D eigenvalue weighted by atomic mass is 9.92. The summed E-state index contributed by atoms with van der Waals surface area (Å²) >= 11 is 0. The van der Waals surface area contributed by atoms with Crippen LogP contribution in [0.25, 0.3) is 0 Å². The summed E-state index contributed by atoms with van der Waals surface area (Å²) in [5.41, 5.74) is 0. The van der Waals surface area contributed by atoms with E-state index in [4.69, 9.17) is 4.74 Å². The Morgan fingerprint density at radius 1 is 1.42 bits per heavy atom. The van der Waals surface area contributed by atoms with Crippen LogP contribution in [0.1, 0.15) is 32.1 Å². The van der Waals surface area contributed by atoms with E-state index in [1.165, 1.54) is 12.8 Å². The van der Waals surface area contributed by atoms with Gasteiger partial charge in [-0.15, -0.1) is 0 Å². The predicted molar refractivity (Wildman–Crippen MR) is 45.6 cm³/mol. The zero-order valence-corrected chi connectivity index (χ0v) is 7.16. The molecule has 2 heteroatoms. The van der Waals surface area contributed by atoms with Gasteiger partial charge in [0.05, 0.1) is 6.42 Å². The predicted octanol–water partition coefficient (Wildman–Crippen LogP) is 2.05. The Morgan fingerprint density at radius 2 is 2.33 bits per heavy atom. The summed E-state index contributed by atoms with van der Waals surface area (Å²) in [5, 5.41) is 0. The Balaban J connectivity index is 2.07. The van der Waals surface area contributed by atoms with Crippen molar-refractivity contribution in [3.8, 4) is 0 Å². The molecule has 2 nitrogen and oxygen atoms in total. The van der Waals surface area contributed by atoms with Crippen molar-refractivity contribution >= 4 is 5.97 Å². The van der Waals surface area contributed by atoms with Gasteiger partial charge in [0.1, 0.15) is 6.10 Å². The van der Waals surface area contributed by atoms with Gasteiger partial charge in [0.25, 0.3) is 0 Å². The number of allylic oxidation sites excluding steroid dienone is 1. The maximum absolute atomic E-state index is 11.0. The van der Waals surface area contributed by atoms with Crippen LogP contribution in [0, 0.1) is 5.92 Å². The standard InChI is InChI=1S/C10H14O2/c11-10-7-8-5-3-1-2-4-6-9(8)12-10/h4,6,8-9H,1-3,5,7H2/b6-4-/t8-,9+/m0/s1. The van der Waals surface area contributed by atoms with E-state index in [9.17, 15) is 4.79 Å². The van der Waals surface area contributed by atoms with Crippen LogP contribution in [0.3, 0.4) is 0 Å². The van der Waals surface area contributed by atoms with Crippen LogP contribution in [-0.2, 0) is 9.53 Å². The lowest BCUT2D eigenvalue weighted by Crippen LogP contribution is -2.13. The van der Waals surface area contributed by atoms with Crippen LogP contribution in [0.15, 0.2) is 12.2 Å². The first-order valence-electron chi connectivity index (χ1n) is 4.72. The lowest BCUT2D eigenvalue weighted by Gasteiger charge is -2.15. The zero-order chi connectivity index (χ0) is 8.39. The molecule has 2 atom stereocenters. The molecule has 1 aliphatic carbocycles. The molecule has 1 heterocycles. The van der Waals surface area contributed by atoms with Crippen molar-refractivity contribution in [3.63, 3.8) is 0 Å². The molecule has 0 amide bonds. The highest BCUT2D eigenvalue weighted by Crippen LogP contribution is 2.29. The van der Waals surface area contributed by atoms with Crippen molar-refractivity contribution in [2.24, 2.45) is 5.92 Å². The van der Waals surface area contributed by atoms with Crippen LogP contribution in [0.5, 0.6) is 0 Å². The van der Waals surface area contributed by atoms with Crippen molar-refractivity contribution < 1.29 is 9.53 Å². The number of esters is 1. The van der Waals surface area contributed by atoms with Crippen molar-refractivity contribution in [1.82, 2.24) is 0 Å². The Kier molecular flexibility index (Phi) is 2.15. The average Bonchev–Trinajstić information content (AvgIpc) is 2.32. The van der Waals surface area contributed by atoms with E-state index in [0.29, 0.717) is 12.3 Å². The summed E-state index contributed by atoms with van der Waals surface area (Å²) < 4.78 is 5.18. The van der Waals surface area contributed by atoms with Gasteiger partial charge in [-0.2, -0.15) is 0 Å². The summed E-state index contributed by atoms with van der Waals surface area (Å²) in [5.74, 6) is 0.450. The molecule has 0 unspecified atom stereocenters. The number of hydrogen-bond acceptors (Lipinski definition) is 2.